The van der Waals surface area contributed by atoms with Crippen molar-refractivity contribution >= 4 is 29.1 Å². The molecule has 0 saturated carbocycles. The number of amides is 1. The second kappa shape index (κ2) is 7.72. The summed E-state index contributed by atoms with van der Waals surface area (Å²) in [6.45, 7) is 3.88. The van der Waals surface area contributed by atoms with Crippen LogP contribution in [0.15, 0.2) is 12.1 Å². The fraction of sp³-hybridized carbons (Fsp3) is 0.500. The highest BCUT2D eigenvalue weighted by Gasteiger charge is 2.16. The lowest BCUT2D eigenvalue weighted by atomic mass is 10.0. The van der Waals surface area contributed by atoms with Gasteiger partial charge in [-0.15, -0.1) is 0 Å². The lowest BCUT2D eigenvalue weighted by Crippen LogP contribution is -2.26. The molecule has 0 bridgehead atoms. The summed E-state index contributed by atoms with van der Waals surface area (Å²) in [6.07, 6.45) is 1.44. The van der Waals surface area contributed by atoms with Gasteiger partial charge in [0.05, 0.1) is 17.5 Å². The van der Waals surface area contributed by atoms with Crippen molar-refractivity contribution in [2.75, 3.05) is 6.61 Å². The third kappa shape index (κ3) is 4.85. The number of carbonyl (C=O) groups is 1. The third-order valence-corrected chi connectivity index (χ3v) is 3.55. The van der Waals surface area contributed by atoms with E-state index in [0.29, 0.717) is 22.2 Å². The number of carbonyl (C=O) groups excluding carboxylic acids is 1. The highest BCUT2D eigenvalue weighted by molar-refractivity contribution is 6.35. The Morgan fingerprint density at radius 2 is 2.05 bits per heavy atom. The van der Waals surface area contributed by atoms with Gasteiger partial charge in [0.1, 0.15) is 5.75 Å². The Labute approximate surface area is 129 Å². The molecule has 0 aliphatic heterocycles. The first-order valence-corrected chi connectivity index (χ1v) is 7.26. The quantitative estimate of drug-likeness (QED) is 0.811. The van der Waals surface area contributed by atoms with Crippen LogP contribution in [0.5, 0.6) is 5.75 Å². The third-order valence-electron chi connectivity index (χ3n) is 3.06. The van der Waals surface area contributed by atoms with Crippen LogP contribution in [0, 0.1) is 5.92 Å². The van der Waals surface area contributed by atoms with Crippen LogP contribution in [0.4, 0.5) is 0 Å². The zero-order chi connectivity index (χ0) is 15.3. The van der Waals surface area contributed by atoms with Gasteiger partial charge in [0.25, 0.3) is 0 Å². The fourth-order valence-electron chi connectivity index (χ4n) is 1.64. The van der Waals surface area contributed by atoms with E-state index in [1.54, 1.807) is 19.1 Å². The van der Waals surface area contributed by atoms with Crippen LogP contribution in [0.3, 0.4) is 0 Å². The topological polar surface area (TPSA) is 78.3 Å². The van der Waals surface area contributed by atoms with Gasteiger partial charge in [0, 0.05) is 11.1 Å². The molecule has 0 aliphatic carbocycles. The molecule has 0 heterocycles. The Balaban J connectivity index is 2.94. The van der Waals surface area contributed by atoms with Crippen molar-refractivity contribution in [1.82, 2.24) is 0 Å². The molecule has 0 aromatic heterocycles. The molecule has 4 nitrogen and oxygen atoms in total. The lowest BCUT2D eigenvalue weighted by molar-refractivity contribution is -0.122. The predicted octanol–water partition coefficient (Wildman–Crippen LogP) is 2.77. The Bertz CT molecular complexity index is 480. The second-order valence-electron chi connectivity index (χ2n) is 4.86. The molecule has 0 fully saturated rings. The van der Waals surface area contributed by atoms with Gasteiger partial charge in [-0.2, -0.15) is 0 Å². The summed E-state index contributed by atoms with van der Waals surface area (Å²) in [7, 11) is 0. The molecule has 0 radical (unpaired) electrons. The maximum absolute atomic E-state index is 11.0. The smallest absolute Gasteiger partial charge is 0.223 e. The maximum Gasteiger partial charge on any atom is 0.223 e. The minimum absolute atomic E-state index is 0.000414. The molecule has 1 aromatic rings. The van der Waals surface area contributed by atoms with Crippen LogP contribution < -0.4 is 16.2 Å². The van der Waals surface area contributed by atoms with Crippen LogP contribution in [0.25, 0.3) is 0 Å². The van der Waals surface area contributed by atoms with E-state index in [1.165, 1.54) is 0 Å². The first kappa shape index (κ1) is 17.1. The van der Waals surface area contributed by atoms with Gasteiger partial charge in [-0.3, -0.25) is 4.79 Å². The van der Waals surface area contributed by atoms with E-state index in [4.69, 9.17) is 39.4 Å². The molecule has 6 heteroatoms. The Kier molecular flexibility index (Phi) is 6.59. The Morgan fingerprint density at radius 3 is 2.60 bits per heavy atom. The number of benzene rings is 1. The van der Waals surface area contributed by atoms with E-state index >= 15 is 0 Å². The van der Waals surface area contributed by atoms with E-state index in [1.807, 2.05) is 6.92 Å². The van der Waals surface area contributed by atoms with Crippen molar-refractivity contribution in [3.05, 3.63) is 27.7 Å². The standard InChI is InChI=1S/C14H20Cl2N2O2/c1-3-11(17)5-9-4-10(15)6-12(16)13(9)20-7-8(2)14(18)19/h4,6,8,11H,3,5,7,17H2,1-2H3,(H2,18,19). The van der Waals surface area contributed by atoms with Crippen molar-refractivity contribution in [3.63, 3.8) is 0 Å². The molecule has 1 amide bonds. The van der Waals surface area contributed by atoms with Gasteiger partial charge in [-0.25, -0.2) is 0 Å². The van der Waals surface area contributed by atoms with Crippen molar-refractivity contribution < 1.29 is 9.53 Å². The summed E-state index contributed by atoms with van der Waals surface area (Å²) >= 11 is 12.2. The van der Waals surface area contributed by atoms with Gasteiger partial charge in [-0.1, -0.05) is 37.0 Å². The minimum atomic E-state index is -0.415. The number of halogens is 2. The molecular formula is C14H20Cl2N2O2. The van der Waals surface area contributed by atoms with E-state index < -0.39 is 11.8 Å². The molecule has 4 N–H and O–H groups in total. The number of hydrogen-bond donors (Lipinski definition) is 2. The SMILES string of the molecule is CCC(N)Cc1cc(Cl)cc(Cl)c1OCC(C)C(N)=O. The van der Waals surface area contributed by atoms with Crippen molar-refractivity contribution in [1.29, 1.82) is 0 Å². The Hall–Kier alpha value is -0.970. The van der Waals surface area contributed by atoms with Crippen LogP contribution >= 0.6 is 23.2 Å². The first-order valence-electron chi connectivity index (χ1n) is 6.50. The second-order valence-corrected chi connectivity index (χ2v) is 5.71. The molecule has 0 aliphatic rings. The average molecular weight is 319 g/mol. The van der Waals surface area contributed by atoms with Crippen LogP contribution in [0.2, 0.25) is 10.0 Å². The molecule has 2 atom stereocenters. The minimum Gasteiger partial charge on any atom is -0.491 e. The highest BCUT2D eigenvalue weighted by Crippen LogP contribution is 2.33. The molecule has 2 unspecified atom stereocenters. The largest absolute Gasteiger partial charge is 0.491 e. The molecule has 1 aromatic carbocycles. The first-order chi connectivity index (χ1) is 9.35. The van der Waals surface area contributed by atoms with Crippen LogP contribution in [-0.2, 0) is 11.2 Å². The van der Waals surface area contributed by atoms with Gasteiger partial charge >= 0.3 is 0 Å². The summed E-state index contributed by atoms with van der Waals surface area (Å²) in [6, 6.07) is 3.39. The van der Waals surface area contributed by atoms with Gasteiger partial charge in [-0.05, 0) is 30.5 Å². The molecule has 112 valence electrons. The van der Waals surface area contributed by atoms with Crippen molar-refractivity contribution in [2.24, 2.45) is 17.4 Å². The number of hydrogen-bond acceptors (Lipinski definition) is 3. The fourth-order valence-corrected chi connectivity index (χ4v) is 2.23. The summed E-state index contributed by atoms with van der Waals surface area (Å²) in [5, 5.41) is 0.941. The number of nitrogens with two attached hydrogens (primary N) is 2. The zero-order valence-electron chi connectivity index (χ0n) is 11.7. The van der Waals surface area contributed by atoms with Gasteiger partial charge in [0.15, 0.2) is 0 Å². The highest BCUT2D eigenvalue weighted by atomic mass is 35.5. The maximum atomic E-state index is 11.0. The summed E-state index contributed by atoms with van der Waals surface area (Å²) in [5.41, 5.74) is 12.0. The molecule has 0 saturated heterocycles. The van der Waals surface area contributed by atoms with E-state index in [-0.39, 0.29) is 12.6 Å². The summed E-state index contributed by atoms with van der Waals surface area (Å²) in [4.78, 5) is 11.0. The summed E-state index contributed by atoms with van der Waals surface area (Å²) < 4.78 is 5.64. The molecular weight excluding hydrogens is 299 g/mol. The molecule has 1 rings (SSSR count). The van der Waals surface area contributed by atoms with E-state index in [0.717, 1.165) is 12.0 Å². The van der Waals surface area contributed by atoms with Gasteiger partial charge < -0.3 is 16.2 Å². The Morgan fingerprint density at radius 1 is 1.40 bits per heavy atom. The van der Waals surface area contributed by atoms with Crippen LogP contribution in [-0.4, -0.2) is 18.6 Å². The normalized spacial score (nSPS) is 13.8. The lowest BCUT2D eigenvalue weighted by Gasteiger charge is -2.17. The predicted molar refractivity (Wildman–Crippen MR) is 82.3 cm³/mol. The van der Waals surface area contributed by atoms with E-state index in [9.17, 15) is 4.79 Å². The van der Waals surface area contributed by atoms with Gasteiger partial charge in [0.2, 0.25) is 5.91 Å². The number of rotatable bonds is 7. The van der Waals surface area contributed by atoms with Crippen molar-refractivity contribution in [2.45, 2.75) is 32.7 Å². The average Bonchev–Trinajstić information content (AvgIpc) is 2.36. The molecule has 0 spiro atoms. The van der Waals surface area contributed by atoms with E-state index in [2.05, 4.69) is 0 Å². The molecule has 20 heavy (non-hydrogen) atoms. The number of primary amides is 1. The summed E-state index contributed by atoms with van der Waals surface area (Å²) in [5.74, 6) is -0.288. The monoisotopic (exact) mass is 318 g/mol. The zero-order valence-corrected chi connectivity index (χ0v) is 13.2. The van der Waals surface area contributed by atoms with Crippen molar-refractivity contribution in [3.8, 4) is 5.75 Å². The van der Waals surface area contributed by atoms with Crippen LogP contribution in [0.1, 0.15) is 25.8 Å². The number of ether oxygens (including phenoxy) is 1.